The smallest absolute Gasteiger partial charge is 0.460 e. The van der Waals surface area contributed by atoms with Gasteiger partial charge in [0.15, 0.2) is 5.54 Å². The minimum Gasteiger partial charge on any atom is -0.460 e. The van der Waals surface area contributed by atoms with E-state index in [-0.39, 0.29) is 19.1 Å². The molecule has 0 aromatic heterocycles. The molecule has 0 aromatic rings. The summed E-state index contributed by atoms with van der Waals surface area (Å²) in [6, 6.07) is 0. The van der Waals surface area contributed by atoms with Gasteiger partial charge in [-0.15, -0.1) is 0 Å². The van der Waals surface area contributed by atoms with E-state index in [0.717, 1.165) is 18.7 Å². The molecule has 2 amide bonds. The minimum atomic E-state index is -5.16. The number of halogens is 3. The SMILES string of the molecule is CCC(C)OC(=O)C1(NC(=O)C(F)(F)F)C=CN(CNCC(=O)N(CC)CCN(C)C)C=C1. The van der Waals surface area contributed by atoms with Gasteiger partial charge in [0.25, 0.3) is 0 Å². The molecule has 0 spiro atoms. The quantitative estimate of drug-likeness (QED) is 0.406. The first kappa shape index (κ1) is 28.4. The molecule has 1 rings (SSSR count). The van der Waals surface area contributed by atoms with E-state index < -0.39 is 29.7 Å². The Morgan fingerprint density at radius 2 is 1.73 bits per heavy atom. The summed E-state index contributed by atoms with van der Waals surface area (Å²) in [7, 11) is 3.84. The van der Waals surface area contributed by atoms with Crippen LogP contribution in [0.15, 0.2) is 24.6 Å². The molecule has 1 aliphatic heterocycles. The van der Waals surface area contributed by atoms with Crippen LogP contribution in [0.2, 0.25) is 0 Å². The molecule has 0 aliphatic carbocycles. The normalized spacial score (nSPS) is 16.0. The summed E-state index contributed by atoms with van der Waals surface area (Å²) >= 11 is 0. The van der Waals surface area contributed by atoms with Crippen molar-refractivity contribution in [2.24, 2.45) is 0 Å². The molecule has 0 radical (unpaired) electrons. The second-order valence-corrected chi connectivity index (χ2v) is 7.95. The number of hydrogen-bond acceptors (Lipinski definition) is 7. The van der Waals surface area contributed by atoms with Crippen molar-refractivity contribution in [3.8, 4) is 0 Å². The van der Waals surface area contributed by atoms with E-state index in [1.54, 1.807) is 24.1 Å². The predicted octanol–water partition coefficient (Wildman–Crippen LogP) is 1.05. The third-order valence-electron chi connectivity index (χ3n) is 4.98. The fourth-order valence-electron chi connectivity index (χ4n) is 2.71. The molecule has 0 bridgehead atoms. The molecule has 0 saturated heterocycles. The largest absolute Gasteiger partial charge is 0.471 e. The maximum absolute atomic E-state index is 12.8. The standard InChI is InChI=1S/C21H34F3N5O4/c1-6-16(3)33-19(32)20(26-18(31)21(22,23)24)8-10-28(11-9-20)15-25-14-17(30)29(7-2)13-12-27(4)5/h8-11,16,25H,6-7,12-15H2,1-5H3,(H,26,31). The van der Waals surface area contributed by atoms with Crippen LogP contribution in [0.1, 0.15) is 27.2 Å². The van der Waals surface area contributed by atoms with Crippen LogP contribution in [0.4, 0.5) is 13.2 Å². The van der Waals surface area contributed by atoms with Gasteiger partial charge in [-0.1, -0.05) is 6.92 Å². The highest BCUT2D eigenvalue weighted by atomic mass is 19.4. The van der Waals surface area contributed by atoms with Gasteiger partial charge in [-0.2, -0.15) is 13.2 Å². The number of nitrogens with zero attached hydrogens (tertiary/aromatic N) is 3. The number of esters is 1. The maximum atomic E-state index is 12.8. The van der Waals surface area contributed by atoms with Gasteiger partial charge in [-0.05, 0) is 46.5 Å². The molecular formula is C21H34F3N5O4. The lowest BCUT2D eigenvalue weighted by atomic mass is 9.97. The molecule has 33 heavy (non-hydrogen) atoms. The van der Waals surface area contributed by atoms with Crippen LogP contribution < -0.4 is 10.6 Å². The number of hydrogen-bond donors (Lipinski definition) is 2. The van der Waals surface area contributed by atoms with Crippen molar-refractivity contribution in [2.75, 3.05) is 46.9 Å². The summed E-state index contributed by atoms with van der Waals surface area (Å²) in [4.78, 5) is 41.7. The molecule has 0 fully saturated rings. The topological polar surface area (TPSA) is 94.2 Å². The molecule has 12 heteroatoms. The third-order valence-corrected chi connectivity index (χ3v) is 4.98. The summed E-state index contributed by atoms with van der Waals surface area (Å²) in [6.07, 6.45) is -0.317. The van der Waals surface area contributed by atoms with Crippen molar-refractivity contribution in [1.82, 2.24) is 25.3 Å². The second kappa shape index (κ2) is 12.6. The van der Waals surface area contributed by atoms with Crippen LogP contribution >= 0.6 is 0 Å². The van der Waals surface area contributed by atoms with E-state index in [1.807, 2.05) is 25.9 Å². The average Bonchev–Trinajstić information content (AvgIpc) is 2.74. The molecule has 1 atom stereocenters. The Bertz CT molecular complexity index is 726. The molecule has 2 N–H and O–H groups in total. The number of nitrogens with one attached hydrogen (secondary N) is 2. The summed E-state index contributed by atoms with van der Waals surface area (Å²) in [5.74, 6) is -3.37. The van der Waals surface area contributed by atoms with Crippen LogP contribution in [-0.2, 0) is 19.1 Å². The van der Waals surface area contributed by atoms with Crippen LogP contribution in [-0.4, -0.2) is 97.2 Å². The average molecular weight is 478 g/mol. The number of carbonyl (C=O) groups is 3. The van der Waals surface area contributed by atoms with Crippen molar-refractivity contribution >= 4 is 17.8 Å². The van der Waals surface area contributed by atoms with Gasteiger partial charge in [-0.3, -0.25) is 14.9 Å². The number of alkyl halides is 3. The van der Waals surface area contributed by atoms with Crippen LogP contribution in [0.3, 0.4) is 0 Å². The van der Waals surface area contributed by atoms with Gasteiger partial charge >= 0.3 is 18.1 Å². The van der Waals surface area contributed by atoms with Gasteiger partial charge in [0, 0.05) is 32.0 Å². The Morgan fingerprint density at radius 1 is 1.12 bits per heavy atom. The lowest BCUT2D eigenvalue weighted by molar-refractivity contribution is -0.177. The fourth-order valence-corrected chi connectivity index (χ4v) is 2.71. The van der Waals surface area contributed by atoms with Crippen molar-refractivity contribution in [1.29, 1.82) is 0 Å². The Morgan fingerprint density at radius 3 is 2.21 bits per heavy atom. The summed E-state index contributed by atoms with van der Waals surface area (Å²) in [5.41, 5.74) is -2.09. The summed E-state index contributed by atoms with van der Waals surface area (Å²) in [5, 5.41) is 4.67. The monoisotopic (exact) mass is 477 g/mol. The van der Waals surface area contributed by atoms with E-state index in [4.69, 9.17) is 4.74 Å². The summed E-state index contributed by atoms with van der Waals surface area (Å²) < 4.78 is 43.6. The number of ether oxygens (including phenoxy) is 1. The first-order valence-electron chi connectivity index (χ1n) is 10.7. The highest BCUT2D eigenvalue weighted by Crippen LogP contribution is 2.23. The first-order chi connectivity index (χ1) is 15.3. The van der Waals surface area contributed by atoms with E-state index in [1.165, 1.54) is 17.3 Å². The van der Waals surface area contributed by atoms with E-state index in [9.17, 15) is 27.6 Å². The van der Waals surface area contributed by atoms with Crippen molar-refractivity contribution in [2.45, 2.75) is 45.0 Å². The van der Waals surface area contributed by atoms with Gasteiger partial charge < -0.3 is 24.8 Å². The van der Waals surface area contributed by atoms with Crippen LogP contribution in [0, 0.1) is 0 Å². The van der Waals surface area contributed by atoms with Crippen LogP contribution in [0.25, 0.3) is 0 Å². The van der Waals surface area contributed by atoms with E-state index in [0.29, 0.717) is 19.5 Å². The minimum absolute atomic E-state index is 0.0610. The molecule has 1 aliphatic rings. The number of likely N-dealkylation sites (N-methyl/N-ethyl adjacent to an activating group) is 2. The predicted molar refractivity (Wildman–Crippen MR) is 117 cm³/mol. The zero-order chi connectivity index (χ0) is 25.2. The molecule has 1 unspecified atom stereocenters. The molecular weight excluding hydrogens is 443 g/mol. The first-order valence-corrected chi connectivity index (χ1v) is 10.7. The van der Waals surface area contributed by atoms with Crippen molar-refractivity contribution < 1.29 is 32.3 Å². The Labute approximate surface area is 192 Å². The van der Waals surface area contributed by atoms with E-state index in [2.05, 4.69) is 5.32 Å². The van der Waals surface area contributed by atoms with Gasteiger partial charge in [0.1, 0.15) is 0 Å². The summed E-state index contributed by atoms with van der Waals surface area (Å²) in [6.45, 7) is 7.34. The van der Waals surface area contributed by atoms with Gasteiger partial charge in [-0.25, -0.2) is 4.79 Å². The van der Waals surface area contributed by atoms with Crippen molar-refractivity contribution in [3.63, 3.8) is 0 Å². The maximum Gasteiger partial charge on any atom is 0.471 e. The number of carbonyl (C=O) groups excluding carboxylic acids is 3. The molecule has 1 heterocycles. The lowest BCUT2D eigenvalue weighted by Gasteiger charge is -2.32. The fraction of sp³-hybridized carbons (Fsp3) is 0.667. The van der Waals surface area contributed by atoms with Crippen molar-refractivity contribution in [3.05, 3.63) is 24.6 Å². The Hall–Kier alpha value is -2.60. The van der Waals surface area contributed by atoms with Gasteiger partial charge in [0.05, 0.1) is 19.3 Å². The highest BCUT2D eigenvalue weighted by Gasteiger charge is 2.47. The van der Waals surface area contributed by atoms with Gasteiger partial charge in [0.2, 0.25) is 5.91 Å². The molecule has 188 valence electrons. The highest BCUT2D eigenvalue weighted by molar-refractivity contribution is 5.94. The number of rotatable bonds is 12. The Balaban J connectivity index is 2.78. The second-order valence-electron chi connectivity index (χ2n) is 7.95. The Kier molecular flexibility index (Phi) is 10.8. The van der Waals surface area contributed by atoms with Crippen LogP contribution in [0.5, 0.6) is 0 Å². The third kappa shape index (κ3) is 9.04. The lowest BCUT2D eigenvalue weighted by Crippen LogP contribution is -2.57. The van der Waals surface area contributed by atoms with E-state index >= 15 is 0 Å². The molecule has 9 nitrogen and oxygen atoms in total. The zero-order valence-corrected chi connectivity index (χ0v) is 19.7. The molecule has 0 aromatic carbocycles. The zero-order valence-electron chi connectivity index (χ0n) is 19.7. The molecule has 0 saturated carbocycles. The number of amides is 2.